The average Bonchev–Trinajstić information content (AvgIpc) is 1.94. The predicted molar refractivity (Wildman–Crippen MR) is 66.5 cm³/mol. The molecule has 0 aliphatic carbocycles. The van der Waals surface area contributed by atoms with E-state index in [1.54, 1.807) is 11.1 Å². The summed E-state index contributed by atoms with van der Waals surface area (Å²) in [5, 5.41) is 0. The third-order valence-corrected chi connectivity index (χ3v) is 2.88. The first-order valence-corrected chi connectivity index (χ1v) is 5.87. The Hall–Kier alpha value is -0.260. The van der Waals surface area contributed by atoms with Crippen molar-refractivity contribution in [3.8, 4) is 0 Å². The van der Waals surface area contributed by atoms with Crippen LogP contribution in [0.1, 0.15) is 68.2 Å². The second-order valence-corrected chi connectivity index (χ2v) is 6.16. The minimum Gasteiger partial charge on any atom is -0.0654 e. The average molecular weight is 196 g/mol. The molecule has 0 fully saturated rings. The van der Waals surface area contributed by atoms with Crippen LogP contribution in [0.2, 0.25) is 0 Å². The van der Waals surface area contributed by atoms with Crippen LogP contribution in [0.15, 0.2) is 11.1 Å². The van der Waals surface area contributed by atoms with Crippen molar-refractivity contribution >= 4 is 0 Å². The molecule has 0 aromatic heterocycles. The van der Waals surface area contributed by atoms with Gasteiger partial charge in [-0.25, -0.2) is 0 Å². The van der Waals surface area contributed by atoms with Gasteiger partial charge in [-0.05, 0) is 23.7 Å². The lowest BCUT2D eigenvalue weighted by atomic mass is 9.73. The smallest absolute Gasteiger partial charge is 0.0170 e. The van der Waals surface area contributed by atoms with Crippen LogP contribution >= 0.6 is 0 Å². The normalized spacial score (nSPS) is 15.4. The lowest BCUT2D eigenvalue weighted by Gasteiger charge is -2.32. The highest BCUT2D eigenvalue weighted by Gasteiger charge is 2.25. The summed E-state index contributed by atoms with van der Waals surface area (Å²) in [5.41, 5.74) is 3.95. The van der Waals surface area contributed by atoms with Gasteiger partial charge in [-0.1, -0.05) is 66.5 Å². The second-order valence-electron chi connectivity index (χ2n) is 6.16. The molecule has 0 atom stereocenters. The summed E-state index contributed by atoms with van der Waals surface area (Å²) in [6, 6.07) is 0. The Morgan fingerprint density at radius 1 is 0.643 bits per heavy atom. The molecule has 0 radical (unpaired) electrons. The van der Waals surface area contributed by atoms with Gasteiger partial charge in [-0.15, -0.1) is 0 Å². The van der Waals surface area contributed by atoms with E-state index in [1.807, 2.05) is 0 Å². The molecule has 0 aliphatic rings. The van der Waals surface area contributed by atoms with Crippen molar-refractivity contribution in [3.05, 3.63) is 11.1 Å². The summed E-state index contributed by atoms with van der Waals surface area (Å²) in [5.74, 6) is 0. The van der Waals surface area contributed by atoms with Crippen molar-refractivity contribution in [3.63, 3.8) is 0 Å². The van der Waals surface area contributed by atoms with Crippen LogP contribution in [0.5, 0.6) is 0 Å². The van der Waals surface area contributed by atoms with Crippen molar-refractivity contribution < 1.29 is 0 Å². The first-order valence-electron chi connectivity index (χ1n) is 5.87. The molecule has 0 aromatic carbocycles. The van der Waals surface area contributed by atoms with Gasteiger partial charge < -0.3 is 0 Å². The van der Waals surface area contributed by atoms with Crippen LogP contribution < -0.4 is 0 Å². The maximum Gasteiger partial charge on any atom is -0.0170 e. The van der Waals surface area contributed by atoms with Crippen molar-refractivity contribution in [2.45, 2.75) is 68.2 Å². The molecule has 0 saturated heterocycles. The monoisotopic (exact) mass is 196 g/mol. The van der Waals surface area contributed by atoms with Crippen LogP contribution in [0, 0.1) is 10.8 Å². The summed E-state index contributed by atoms with van der Waals surface area (Å²) < 4.78 is 0. The van der Waals surface area contributed by atoms with E-state index in [0.717, 1.165) is 0 Å². The summed E-state index contributed by atoms with van der Waals surface area (Å²) in [4.78, 5) is 0. The van der Waals surface area contributed by atoms with Gasteiger partial charge in [-0.2, -0.15) is 0 Å². The second kappa shape index (κ2) is 4.51. The molecule has 0 heterocycles. The van der Waals surface area contributed by atoms with Gasteiger partial charge >= 0.3 is 0 Å². The van der Waals surface area contributed by atoms with Gasteiger partial charge in [0.15, 0.2) is 0 Å². The summed E-state index contributed by atoms with van der Waals surface area (Å²) in [6.07, 6.45) is 2.37. The lowest BCUT2D eigenvalue weighted by molar-refractivity contribution is 0.424. The largest absolute Gasteiger partial charge is 0.0654 e. The molecule has 0 bridgehead atoms. The maximum absolute atomic E-state index is 2.33. The predicted octanol–water partition coefficient (Wildman–Crippen LogP) is 5.20. The van der Waals surface area contributed by atoms with E-state index < -0.39 is 0 Å². The topological polar surface area (TPSA) is 0 Å². The maximum atomic E-state index is 2.33. The molecule has 0 spiro atoms. The fourth-order valence-corrected chi connectivity index (χ4v) is 2.39. The minimum atomic E-state index is 0.327. The molecule has 14 heavy (non-hydrogen) atoms. The van der Waals surface area contributed by atoms with Gasteiger partial charge in [0, 0.05) is 0 Å². The van der Waals surface area contributed by atoms with Gasteiger partial charge in [-0.3, -0.25) is 0 Å². The van der Waals surface area contributed by atoms with Crippen molar-refractivity contribution in [1.29, 1.82) is 0 Å². The Morgan fingerprint density at radius 3 is 0.929 bits per heavy atom. The Kier molecular flexibility index (Phi) is 4.42. The summed E-state index contributed by atoms with van der Waals surface area (Å²) >= 11 is 0. The molecule has 0 amide bonds. The number of rotatable bonds is 2. The Labute approximate surface area is 90.8 Å². The SMILES string of the molecule is CC/C(=C(/CC)C(C)(C)C)C(C)(C)C. The van der Waals surface area contributed by atoms with E-state index >= 15 is 0 Å². The third-order valence-electron chi connectivity index (χ3n) is 2.88. The van der Waals surface area contributed by atoms with Crippen molar-refractivity contribution in [2.75, 3.05) is 0 Å². The van der Waals surface area contributed by atoms with Crippen LogP contribution in [-0.4, -0.2) is 0 Å². The first-order chi connectivity index (χ1) is 6.14. The zero-order valence-corrected chi connectivity index (χ0v) is 11.4. The van der Waals surface area contributed by atoms with E-state index in [2.05, 4.69) is 55.4 Å². The molecule has 0 saturated carbocycles. The molecule has 0 unspecified atom stereocenters. The zero-order chi connectivity index (χ0) is 11.6. The fourth-order valence-electron chi connectivity index (χ4n) is 2.39. The standard InChI is InChI=1S/C14H28/c1-9-11(13(3,4)5)12(10-2)14(6,7)8/h9-10H2,1-8H3/b12-11+. The van der Waals surface area contributed by atoms with Crippen LogP contribution in [0.3, 0.4) is 0 Å². The summed E-state index contributed by atoms with van der Waals surface area (Å²) in [7, 11) is 0. The molecule has 0 rings (SSSR count). The Balaban J connectivity index is 5.36. The van der Waals surface area contributed by atoms with Crippen LogP contribution in [0.4, 0.5) is 0 Å². The number of hydrogen-bond donors (Lipinski definition) is 0. The Bertz CT molecular complexity index is 181. The highest BCUT2D eigenvalue weighted by molar-refractivity contribution is 5.24. The van der Waals surface area contributed by atoms with Crippen LogP contribution in [0.25, 0.3) is 0 Å². The highest BCUT2D eigenvalue weighted by atomic mass is 14.3. The summed E-state index contributed by atoms with van der Waals surface area (Å²) in [6.45, 7) is 18.5. The van der Waals surface area contributed by atoms with E-state index in [9.17, 15) is 0 Å². The van der Waals surface area contributed by atoms with E-state index in [-0.39, 0.29) is 0 Å². The molecule has 0 nitrogen and oxygen atoms in total. The minimum absolute atomic E-state index is 0.327. The van der Waals surface area contributed by atoms with Gasteiger partial charge in [0.05, 0.1) is 0 Å². The molecule has 0 N–H and O–H groups in total. The molecule has 0 aliphatic heterocycles. The lowest BCUT2D eigenvalue weighted by Crippen LogP contribution is -2.19. The third kappa shape index (κ3) is 3.48. The first kappa shape index (κ1) is 13.7. The number of allylic oxidation sites excluding steroid dienone is 2. The van der Waals surface area contributed by atoms with Gasteiger partial charge in [0.25, 0.3) is 0 Å². The van der Waals surface area contributed by atoms with E-state index in [0.29, 0.717) is 10.8 Å². The fraction of sp³-hybridized carbons (Fsp3) is 0.857. The zero-order valence-electron chi connectivity index (χ0n) is 11.4. The quantitative estimate of drug-likeness (QED) is 0.533. The molecule has 0 aromatic rings. The van der Waals surface area contributed by atoms with Crippen LogP contribution in [-0.2, 0) is 0 Å². The van der Waals surface area contributed by atoms with Crippen molar-refractivity contribution in [2.24, 2.45) is 10.8 Å². The molecule has 84 valence electrons. The molecular weight excluding hydrogens is 168 g/mol. The molecule has 0 heteroatoms. The highest BCUT2D eigenvalue weighted by Crippen LogP contribution is 2.39. The Morgan fingerprint density at radius 2 is 0.857 bits per heavy atom. The van der Waals surface area contributed by atoms with Gasteiger partial charge in [0.1, 0.15) is 0 Å². The van der Waals surface area contributed by atoms with E-state index in [1.165, 1.54) is 12.8 Å². The van der Waals surface area contributed by atoms with Gasteiger partial charge in [0.2, 0.25) is 0 Å². The number of hydrogen-bond acceptors (Lipinski definition) is 0. The van der Waals surface area contributed by atoms with Crippen molar-refractivity contribution in [1.82, 2.24) is 0 Å². The molecular formula is C14H28. The van der Waals surface area contributed by atoms with E-state index in [4.69, 9.17) is 0 Å².